The van der Waals surface area contributed by atoms with Crippen LogP contribution in [0.3, 0.4) is 0 Å². The molecule has 2 aromatic rings. The highest BCUT2D eigenvalue weighted by Gasteiger charge is 2.32. The Hall–Kier alpha value is -1.75. The van der Waals surface area contributed by atoms with E-state index >= 15 is 0 Å². The predicted molar refractivity (Wildman–Crippen MR) is 120 cm³/mol. The van der Waals surface area contributed by atoms with Crippen LogP contribution >= 0.6 is 11.3 Å². The van der Waals surface area contributed by atoms with E-state index in [-0.39, 0.29) is 27.7 Å². The second kappa shape index (κ2) is 9.40. The number of nitrogens with one attached hydrogen (secondary N) is 1. The van der Waals surface area contributed by atoms with Crippen molar-refractivity contribution in [2.24, 2.45) is 5.92 Å². The average molecular weight is 468 g/mol. The number of sulfonamides is 1. The first-order valence-electron chi connectivity index (χ1n) is 10.9. The fourth-order valence-electron chi connectivity index (χ4n) is 4.31. The molecule has 8 nitrogen and oxygen atoms in total. The van der Waals surface area contributed by atoms with Gasteiger partial charge in [0.1, 0.15) is 0 Å². The molecule has 1 atom stereocenters. The van der Waals surface area contributed by atoms with E-state index in [0.717, 1.165) is 42.7 Å². The highest BCUT2D eigenvalue weighted by atomic mass is 32.2. The van der Waals surface area contributed by atoms with Gasteiger partial charge in [0.15, 0.2) is 0 Å². The number of hydrogen-bond acceptors (Lipinski definition) is 6. The number of carbonyl (C=O) groups excluding carboxylic acids is 1. The Morgan fingerprint density at radius 3 is 2.71 bits per heavy atom. The molecule has 1 aromatic heterocycles. The lowest BCUT2D eigenvalue weighted by Gasteiger charge is -2.30. The summed E-state index contributed by atoms with van der Waals surface area (Å²) < 4.78 is 35.7. The third kappa shape index (κ3) is 4.72. The van der Waals surface area contributed by atoms with E-state index in [1.165, 1.54) is 4.31 Å². The Bertz CT molecular complexity index is 1090. The molecule has 10 heteroatoms. The summed E-state index contributed by atoms with van der Waals surface area (Å²) in [7, 11) is -3.67. The van der Waals surface area contributed by atoms with Gasteiger partial charge in [-0.25, -0.2) is 8.42 Å². The molecule has 0 aliphatic carbocycles. The molecule has 31 heavy (non-hydrogen) atoms. The normalized spacial score (nSPS) is 21.0. The van der Waals surface area contributed by atoms with Crippen LogP contribution in [0.2, 0.25) is 0 Å². The van der Waals surface area contributed by atoms with Gasteiger partial charge in [-0.05, 0) is 50.3 Å². The standard InChI is InChI=1S/C21H29N3O5S2/c1-2-9-24-18-6-5-17(13-19(18)30-21(24)26)31(27,28)23-10-7-15(8-11-23)20(25)22-14-16-4-3-12-29-16/h5-6,13,15-16H,2-4,7-12,14H2,1H3,(H,22,25)/t16-/m1/s1. The molecule has 2 fully saturated rings. The third-order valence-electron chi connectivity index (χ3n) is 6.08. The van der Waals surface area contributed by atoms with Crippen molar-refractivity contribution in [1.29, 1.82) is 0 Å². The molecule has 4 rings (SSSR count). The van der Waals surface area contributed by atoms with E-state index in [9.17, 15) is 18.0 Å². The van der Waals surface area contributed by atoms with Crippen LogP contribution in [-0.4, -0.2) is 55.5 Å². The molecule has 0 unspecified atom stereocenters. The molecular formula is C21H29N3O5S2. The van der Waals surface area contributed by atoms with Crippen LogP contribution in [0.15, 0.2) is 27.9 Å². The van der Waals surface area contributed by atoms with Gasteiger partial charge in [0.05, 0.1) is 21.2 Å². The van der Waals surface area contributed by atoms with Crippen molar-refractivity contribution in [2.45, 2.75) is 56.6 Å². The number of aryl methyl sites for hydroxylation is 1. The number of fused-ring (bicyclic) bond motifs is 1. The number of carbonyl (C=O) groups is 1. The molecule has 1 aromatic carbocycles. The number of aromatic nitrogens is 1. The number of rotatable bonds is 7. The van der Waals surface area contributed by atoms with Crippen molar-refractivity contribution < 1.29 is 17.9 Å². The zero-order valence-corrected chi connectivity index (χ0v) is 19.3. The van der Waals surface area contributed by atoms with Gasteiger partial charge in [-0.3, -0.25) is 14.2 Å². The van der Waals surface area contributed by atoms with Crippen molar-refractivity contribution in [2.75, 3.05) is 26.2 Å². The molecule has 2 aliphatic rings. The molecule has 2 aliphatic heterocycles. The van der Waals surface area contributed by atoms with Crippen LogP contribution in [0.5, 0.6) is 0 Å². The van der Waals surface area contributed by atoms with Gasteiger partial charge in [-0.2, -0.15) is 4.31 Å². The molecule has 0 saturated carbocycles. The Labute approximate surface area is 186 Å². The molecule has 1 N–H and O–H groups in total. The van der Waals surface area contributed by atoms with Crippen molar-refractivity contribution in [1.82, 2.24) is 14.2 Å². The zero-order valence-electron chi connectivity index (χ0n) is 17.7. The largest absolute Gasteiger partial charge is 0.376 e. The van der Waals surface area contributed by atoms with E-state index in [1.807, 2.05) is 6.92 Å². The first-order chi connectivity index (χ1) is 14.9. The molecule has 0 spiro atoms. The maximum atomic E-state index is 13.2. The van der Waals surface area contributed by atoms with Gasteiger partial charge in [0.25, 0.3) is 0 Å². The number of nitrogens with zero attached hydrogens (tertiary/aromatic N) is 2. The lowest BCUT2D eigenvalue weighted by atomic mass is 9.97. The summed E-state index contributed by atoms with van der Waals surface area (Å²) in [6.45, 7) is 4.52. The smallest absolute Gasteiger partial charge is 0.308 e. The average Bonchev–Trinajstić information content (AvgIpc) is 3.40. The summed E-state index contributed by atoms with van der Waals surface area (Å²) in [6, 6.07) is 4.90. The minimum Gasteiger partial charge on any atom is -0.376 e. The molecule has 1 amide bonds. The maximum Gasteiger partial charge on any atom is 0.308 e. The minimum absolute atomic E-state index is 0.0176. The number of hydrogen-bond donors (Lipinski definition) is 1. The van der Waals surface area contributed by atoms with Crippen LogP contribution in [0.25, 0.3) is 10.2 Å². The molecule has 170 valence electrons. The lowest BCUT2D eigenvalue weighted by Crippen LogP contribution is -2.44. The van der Waals surface area contributed by atoms with Gasteiger partial charge >= 0.3 is 4.87 Å². The van der Waals surface area contributed by atoms with Gasteiger partial charge in [0, 0.05) is 38.7 Å². The monoisotopic (exact) mass is 467 g/mol. The van der Waals surface area contributed by atoms with Crippen LogP contribution in [0, 0.1) is 5.92 Å². The topological polar surface area (TPSA) is 97.7 Å². The summed E-state index contributed by atoms with van der Waals surface area (Å²) in [4.78, 5) is 24.8. The summed E-state index contributed by atoms with van der Waals surface area (Å²) in [5, 5.41) is 2.96. The molecule has 2 saturated heterocycles. The SMILES string of the molecule is CCCn1c(=O)sc2cc(S(=O)(=O)N3CCC(C(=O)NC[C@H]4CCCO4)CC3)ccc21. The van der Waals surface area contributed by atoms with Crippen molar-refractivity contribution in [3.8, 4) is 0 Å². The molecule has 3 heterocycles. The number of ether oxygens (including phenoxy) is 1. The quantitative estimate of drug-likeness (QED) is 0.673. The second-order valence-electron chi connectivity index (χ2n) is 8.21. The van der Waals surface area contributed by atoms with Crippen molar-refractivity contribution in [3.05, 3.63) is 27.9 Å². The second-order valence-corrected chi connectivity index (χ2v) is 11.1. The highest BCUT2D eigenvalue weighted by Crippen LogP contribution is 2.27. The summed E-state index contributed by atoms with van der Waals surface area (Å²) >= 11 is 1.08. The first kappa shape index (κ1) is 22.4. The summed E-state index contributed by atoms with van der Waals surface area (Å²) in [5.74, 6) is -0.195. The van der Waals surface area contributed by atoms with Gasteiger partial charge < -0.3 is 10.1 Å². The Balaban J connectivity index is 1.40. The van der Waals surface area contributed by atoms with Gasteiger partial charge in [0.2, 0.25) is 15.9 Å². The van der Waals surface area contributed by atoms with E-state index < -0.39 is 10.0 Å². The number of amides is 1. The Kier molecular flexibility index (Phi) is 6.80. The summed E-state index contributed by atoms with van der Waals surface area (Å²) in [5.41, 5.74) is 0.775. The minimum atomic E-state index is -3.67. The number of thiazole rings is 1. The van der Waals surface area contributed by atoms with Crippen LogP contribution in [-0.2, 0) is 26.1 Å². The Morgan fingerprint density at radius 2 is 2.03 bits per heavy atom. The number of piperidine rings is 1. The fraction of sp³-hybridized carbons (Fsp3) is 0.619. The predicted octanol–water partition coefficient (Wildman–Crippen LogP) is 2.17. The number of benzene rings is 1. The van der Waals surface area contributed by atoms with Crippen molar-refractivity contribution in [3.63, 3.8) is 0 Å². The first-order valence-corrected chi connectivity index (χ1v) is 13.2. The van der Waals surface area contributed by atoms with E-state index in [1.54, 1.807) is 22.8 Å². The van der Waals surface area contributed by atoms with Crippen LogP contribution in [0.1, 0.15) is 39.0 Å². The van der Waals surface area contributed by atoms with Crippen LogP contribution < -0.4 is 10.2 Å². The van der Waals surface area contributed by atoms with E-state index in [4.69, 9.17) is 4.74 Å². The molecule has 0 bridgehead atoms. The van der Waals surface area contributed by atoms with E-state index in [0.29, 0.717) is 43.7 Å². The van der Waals surface area contributed by atoms with E-state index in [2.05, 4.69) is 5.32 Å². The Morgan fingerprint density at radius 1 is 1.26 bits per heavy atom. The molecular weight excluding hydrogens is 438 g/mol. The molecule has 0 radical (unpaired) electrons. The van der Waals surface area contributed by atoms with Gasteiger partial charge in [-0.15, -0.1) is 0 Å². The highest BCUT2D eigenvalue weighted by molar-refractivity contribution is 7.89. The lowest BCUT2D eigenvalue weighted by molar-refractivity contribution is -0.126. The summed E-state index contributed by atoms with van der Waals surface area (Å²) in [6.07, 6.45) is 3.93. The van der Waals surface area contributed by atoms with Crippen LogP contribution in [0.4, 0.5) is 0 Å². The zero-order chi connectivity index (χ0) is 22.0. The van der Waals surface area contributed by atoms with Gasteiger partial charge in [-0.1, -0.05) is 18.3 Å². The maximum absolute atomic E-state index is 13.2. The third-order valence-corrected chi connectivity index (χ3v) is 8.91. The van der Waals surface area contributed by atoms with Crippen molar-refractivity contribution >= 4 is 37.5 Å². The fourth-order valence-corrected chi connectivity index (χ4v) is 6.84.